The van der Waals surface area contributed by atoms with Crippen molar-refractivity contribution in [2.75, 3.05) is 0 Å². The minimum atomic E-state index is -4.02. The van der Waals surface area contributed by atoms with Gasteiger partial charge in [-0.2, -0.15) is 10.2 Å². The van der Waals surface area contributed by atoms with Crippen molar-refractivity contribution in [3.05, 3.63) is 63.7 Å². The summed E-state index contributed by atoms with van der Waals surface area (Å²) in [6.07, 6.45) is 0. The average molecular weight is 424 g/mol. The number of halogens is 2. The zero-order chi connectivity index (χ0) is 17.3. The number of nitrogens with zero attached hydrogens (tertiary/aromatic N) is 2. The molecule has 120 valence electrons. The summed E-state index contributed by atoms with van der Waals surface area (Å²) in [6, 6.07) is 14.4. The Hall–Kier alpha value is -2.14. The molecule has 3 rings (SSSR count). The summed E-state index contributed by atoms with van der Waals surface area (Å²) in [5.74, 6) is 0.0477. The van der Waals surface area contributed by atoms with Crippen molar-refractivity contribution in [2.24, 2.45) is 0 Å². The van der Waals surface area contributed by atoms with Gasteiger partial charge in [-0.3, -0.25) is 0 Å². The van der Waals surface area contributed by atoms with E-state index in [-0.39, 0.29) is 16.5 Å². The van der Waals surface area contributed by atoms with Crippen LogP contribution in [-0.4, -0.2) is 13.4 Å². The molecule has 0 aliphatic rings. The fourth-order valence-electron chi connectivity index (χ4n) is 2.03. The maximum absolute atomic E-state index is 12.7. The third-order valence-electron chi connectivity index (χ3n) is 3.17. The topological polar surface area (TPSA) is 84.0 Å². The molecule has 1 heterocycles. The Morgan fingerprint density at radius 2 is 1.79 bits per heavy atom. The lowest BCUT2D eigenvalue weighted by atomic mass is 10.2. The second kappa shape index (κ2) is 6.40. The molecule has 8 heteroatoms. The Morgan fingerprint density at radius 1 is 1.12 bits per heavy atom. The van der Waals surface area contributed by atoms with Gasteiger partial charge in [-0.05, 0) is 52.3 Å². The molecule has 0 spiro atoms. The highest BCUT2D eigenvalue weighted by atomic mass is 79.9. The van der Waals surface area contributed by atoms with Crippen LogP contribution in [0.3, 0.4) is 0 Å². The Bertz CT molecular complexity index is 1050. The van der Waals surface area contributed by atoms with Gasteiger partial charge in [0.25, 0.3) is 5.09 Å². The molecular formula is C16H8BrClN2O3S. The molecule has 2 aromatic carbocycles. The molecule has 0 aliphatic heterocycles. The van der Waals surface area contributed by atoms with Crippen LogP contribution < -0.4 is 0 Å². The largest absolute Gasteiger partial charge is 0.423 e. The van der Waals surface area contributed by atoms with E-state index in [1.165, 1.54) is 24.3 Å². The molecule has 1 aromatic heterocycles. The normalized spacial score (nSPS) is 11.2. The Labute approximate surface area is 151 Å². The lowest BCUT2D eigenvalue weighted by Gasteiger charge is -2.01. The molecule has 0 unspecified atom stereocenters. The van der Waals surface area contributed by atoms with Crippen LogP contribution >= 0.6 is 27.5 Å². The first-order valence-electron chi connectivity index (χ1n) is 6.60. The highest BCUT2D eigenvalue weighted by molar-refractivity contribution is 9.10. The van der Waals surface area contributed by atoms with E-state index in [2.05, 4.69) is 20.9 Å². The van der Waals surface area contributed by atoms with Crippen molar-refractivity contribution in [1.82, 2.24) is 4.98 Å². The predicted octanol–water partition coefficient (Wildman–Crippen LogP) is 4.46. The maximum Gasteiger partial charge on any atom is 0.261 e. The molecule has 0 aliphatic carbocycles. The van der Waals surface area contributed by atoms with E-state index in [4.69, 9.17) is 16.0 Å². The number of hydrogen-bond donors (Lipinski definition) is 0. The standard InChI is InChI=1S/C16H8BrClN2O3S/c17-13-4-2-1-3-12(13)15-20-14(9-19)16(23-15)24(21,22)11-7-5-10(18)6-8-11/h1-8H. The monoisotopic (exact) mass is 422 g/mol. The van der Waals surface area contributed by atoms with Gasteiger partial charge in [0.1, 0.15) is 6.07 Å². The molecule has 0 amide bonds. The number of aromatic nitrogens is 1. The fraction of sp³-hybridized carbons (Fsp3) is 0. The summed E-state index contributed by atoms with van der Waals surface area (Å²) in [5, 5.41) is 9.15. The van der Waals surface area contributed by atoms with E-state index < -0.39 is 14.9 Å². The summed E-state index contributed by atoms with van der Waals surface area (Å²) in [7, 11) is -4.02. The van der Waals surface area contributed by atoms with E-state index in [0.29, 0.717) is 15.1 Å². The number of rotatable bonds is 3. The molecule has 0 saturated carbocycles. The molecule has 24 heavy (non-hydrogen) atoms. The van der Waals surface area contributed by atoms with Gasteiger partial charge in [0.15, 0.2) is 5.69 Å². The highest BCUT2D eigenvalue weighted by Gasteiger charge is 2.29. The summed E-state index contributed by atoms with van der Waals surface area (Å²) in [4.78, 5) is 3.98. The zero-order valence-electron chi connectivity index (χ0n) is 11.9. The van der Waals surface area contributed by atoms with Gasteiger partial charge >= 0.3 is 0 Å². The molecule has 0 saturated heterocycles. The van der Waals surface area contributed by atoms with E-state index in [0.717, 1.165) is 0 Å². The number of oxazole rings is 1. The van der Waals surface area contributed by atoms with E-state index in [1.54, 1.807) is 30.3 Å². The molecule has 0 atom stereocenters. The van der Waals surface area contributed by atoms with Crippen molar-refractivity contribution < 1.29 is 12.8 Å². The Kier molecular flexibility index (Phi) is 4.45. The minimum Gasteiger partial charge on any atom is -0.423 e. The third kappa shape index (κ3) is 2.96. The van der Waals surface area contributed by atoms with Gasteiger partial charge in [-0.1, -0.05) is 23.7 Å². The molecule has 5 nitrogen and oxygen atoms in total. The van der Waals surface area contributed by atoms with Gasteiger partial charge in [0, 0.05) is 9.50 Å². The molecule has 0 fully saturated rings. The Balaban J connectivity index is 2.17. The molecular weight excluding hydrogens is 416 g/mol. The second-order valence-corrected chi connectivity index (χ2v) is 7.84. The highest BCUT2D eigenvalue weighted by Crippen LogP contribution is 2.32. The smallest absolute Gasteiger partial charge is 0.261 e. The van der Waals surface area contributed by atoms with Crippen LogP contribution in [0, 0.1) is 11.3 Å². The molecule has 0 radical (unpaired) electrons. The van der Waals surface area contributed by atoms with Crippen LogP contribution in [0.2, 0.25) is 5.02 Å². The first-order chi connectivity index (χ1) is 11.4. The molecule has 3 aromatic rings. The van der Waals surface area contributed by atoms with Crippen LogP contribution in [0.25, 0.3) is 11.5 Å². The van der Waals surface area contributed by atoms with Gasteiger partial charge in [0.05, 0.1) is 10.5 Å². The van der Waals surface area contributed by atoms with Crippen LogP contribution in [0.15, 0.2) is 67.4 Å². The van der Waals surface area contributed by atoms with Crippen LogP contribution in [0.1, 0.15) is 5.69 Å². The quantitative estimate of drug-likeness (QED) is 0.621. The summed E-state index contributed by atoms with van der Waals surface area (Å²) < 4.78 is 31.5. The first kappa shape index (κ1) is 16.7. The van der Waals surface area contributed by atoms with E-state index in [9.17, 15) is 13.7 Å². The minimum absolute atomic E-state index is 0.0294. The Morgan fingerprint density at radius 3 is 2.42 bits per heavy atom. The number of nitriles is 1. The molecule has 0 N–H and O–H groups in total. The second-order valence-electron chi connectivity index (χ2n) is 4.70. The van der Waals surface area contributed by atoms with Crippen molar-refractivity contribution in [1.29, 1.82) is 5.26 Å². The number of benzene rings is 2. The summed E-state index contributed by atoms with van der Waals surface area (Å²) in [6.45, 7) is 0. The summed E-state index contributed by atoms with van der Waals surface area (Å²) >= 11 is 9.12. The van der Waals surface area contributed by atoms with Gasteiger partial charge in [-0.25, -0.2) is 8.42 Å². The lowest BCUT2D eigenvalue weighted by molar-refractivity contribution is 0.457. The average Bonchev–Trinajstić information content (AvgIpc) is 3.00. The van der Waals surface area contributed by atoms with Crippen molar-refractivity contribution in [2.45, 2.75) is 9.99 Å². The number of sulfone groups is 1. The van der Waals surface area contributed by atoms with Crippen molar-refractivity contribution >= 4 is 37.4 Å². The van der Waals surface area contributed by atoms with Gasteiger partial charge in [-0.15, -0.1) is 0 Å². The van der Waals surface area contributed by atoms with Crippen LogP contribution in [0.5, 0.6) is 0 Å². The van der Waals surface area contributed by atoms with E-state index in [1.807, 2.05) is 0 Å². The third-order valence-corrected chi connectivity index (χ3v) is 5.78. The zero-order valence-corrected chi connectivity index (χ0v) is 15.1. The first-order valence-corrected chi connectivity index (χ1v) is 9.25. The number of hydrogen-bond acceptors (Lipinski definition) is 5. The lowest BCUT2D eigenvalue weighted by Crippen LogP contribution is -2.02. The van der Waals surface area contributed by atoms with Crippen LogP contribution in [-0.2, 0) is 9.84 Å². The summed E-state index contributed by atoms with van der Waals surface area (Å²) in [5.41, 5.74) is 0.252. The van der Waals surface area contributed by atoms with Gasteiger partial charge in [0.2, 0.25) is 15.7 Å². The SMILES string of the molecule is N#Cc1nc(-c2ccccc2Br)oc1S(=O)(=O)c1ccc(Cl)cc1. The predicted molar refractivity (Wildman–Crippen MR) is 91.3 cm³/mol. The van der Waals surface area contributed by atoms with E-state index >= 15 is 0 Å². The van der Waals surface area contributed by atoms with Gasteiger partial charge < -0.3 is 4.42 Å². The maximum atomic E-state index is 12.7. The van der Waals surface area contributed by atoms with Crippen molar-refractivity contribution in [3.63, 3.8) is 0 Å². The molecule has 0 bridgehead atoms. The van der Waals surface area contributed by atoms with Crippen LogP contribution in [0.4, 0.5) is 0 Å². The fourth-order valence-corrected chi connectivity index (χ4v) is 3.85. The van der Waals surface area contributed by atoms with Crippen molar-refractivity contribution in [3.8, 4) is 17.5 Å².